The quantitative estimate of drug-likeness (QED) is 0.891. The van der Waals surface area contributed by atoms with Crippen LogP contribution < -0.4 is 10.2 Å². The molecule has 1 aliphatic heterocycles. The topological polar surface area (TPSA) is 31.4 Å². The summed E-state index contributed by atoms with van der Waals surface area (Å²) in [4.78, 5) is 9.36. The fourth-order valence-electron chi connectivity index (χ4n) is 2.68. The van der Waals surface area contributed by atoms with Crippen molar-refractivity contribution in [3.05, 3.63) is 30.5 Å². The molecule has 4 heteroatoms. The molecule has 1 N–H and O–H groups in total. The highest BCUT2D eigenvalue weighted by Crippen LogP contribution is 2.29. The maximum absolute atomic E-state index is 4.61. The number of piperazine rings is 1. The third-order valence-electron chi connectivity index (χ3n) is 3.86. The maximum atomic E-state index is 4.61. The molecule has 1 fully saturated rings. The summed E-state index contributed by atoms with van der Waals surface area (Å²) in [6.45, 7) is 4.30. The monoisotopic (exact) mass is 256 g/mol. The Morgan fingerprint density at radius 3 is 2.58 bits per heavy atom. The number of pyridine rings is 1. The molecule has 100 valence electrons. The van der Waals surface area contributed by atoms with E-state index in [-0.39, 0.29) is 0 Å². The smallest absolute Gasteiger partial charge is 0.136 e. The lowest BCUT2D eigenvalue weighted by Gasteiger charge is -2.33. The number of anilines is 2. The highest BCUT2D eigenvalue weighted by molar-refractivity contribution is 6.00. The Bertz CT molecular complexity index is 573. The minimum Gasteiger partial charge on any atom is -0.388 e. The molecular weight excluding hydrogens is 236 g/mol. The van der Waals surface area contributed by atoms with Crippen molar-refractivity contribution in [2.75, 3.05) is 50.5 Å². The number of aromatic nitrogens is 1. The van der Waals surface area contributed by atoms with Crippen LogP contribution in [0.1, 0.15) is 0 Å². The molecule has 0 atom stereocenters. The van der Waals surface area contributed by atoms with Crippen molar-refractivity contribution in [2.24, 2.45) is 0 Å². The van der Waals surface area contributed by atoms with Crippen LogP contribution in [0.25, 0.3) is 10.8 Å². The van der Waals surface area contributed by atoms with Gasteiger partial charge in [-0.05, 0) is 19.2 Å². The number of benzene rings is 1. The van der Waals surface area contributed by atoms with E-state index in [4.69, 9.17) is 0 Å². The minimum absolute atomic E-state index is 1.05. The van der Waals surface area contributed by atoms with E-state index in [9.17, 15) is 0 Å². The summed E-state index contributed by atoms with van der Waals surface area (Å²) in [5.74, 6) is 1.11. The first kappa shape index (κ1) is 12.2. The van der Waals surface area contributed by atoms with Gasteiger partial charge in [-0.2, -0.15) is 0 Å². The Hall–Kier alpha value is -1.81. The van der Waals surface area contributed by atoms with Crippen molar-refractivity contribution in [3.63, 3.8) is 0 Å². The molecular formula is C15H20N4. The zero-order valence-corrected chi connectivity index (χ0v) is 11.6. The molecule has 1 saturated heterocycles. The first-order valence-electron chi connectivity index (χ1n) is 6.78. The molecule has 19 heavy (non-hydrogen) atoms. The summed E-state index contributed by atoms with van der Waals surface area (Å²) < 4.78 is 0. The molecule has 1 aliphatic rings. The predicted octanol–water partition coefficient (Wildman–Crippen LogP) is 2.03. The Morgan fingerprint density at radius 1 is 1.05 bits per heavy atom. The lowest BCUT2D eigenvalue weighted by Crippen LogP contribution is -2.44. The van der Waals surface area contributed by atoms with Gasteiger partial charge >= 0.3 is 0 Å². The van der Waals surface area contributed by atoms with Crippen molar-refractivity contribution in [1.29, 1.82) is 0 Å². The Labute approximate surface area is 114 Å². The largest absolute Gasteiger partial charge is 0.388 e. The Morgan fingerprint density at radius 2 is 1.84 bits per heavy atom. The molecule has 0 saturated carbocycles. The summed E-state index contributed by atoms with van der Waals surface area (Å²) >= 11 is 0. The molecule has 0 amide bonds. The minimum atomic E-state index is 1.05. The normalized spacial score (nSPS) is 16.8. The number of hydrogen-bond acceptors (Lipinski definition) is 4. The van der Waals surface area contributed by atoms with E-state index in [2.05, 4.69) is 51.4 Å². The standard InChI is InChI=1S/C15H20N4/c1-16-14-5-3-4-13-12(14)6-7-17-15(13)19-10-8-18(2)9-11-19/h3-7,16H,8-11H2,1-2H3. The van der Waals surface area contributed by atoms with Gasteiger partial charge in [-0.25, -0.2) is 4.98 Å². The van der Waals surface area contributed by atoms with Crippen LogP contribution in [0.5, 0.6) is 0 Å². The second-order valence-electron chi connectivity index (χ2n) is 5.08. The van der Waals surface area contributed by atoms with E-state index in [1.807, 2.05) is 13.2 Å². The van der Waals surface area contributed by atoms with Gasteiger partial charge in [-0.15, -0.1) is 0 Å². The van der Waals surface area contributed by atoms with Crippen molar-refractivity contribution in [2.45, 2.75) is 0 Å². The van der Waals surface area contributed by atoms with Crippen LogP contribution in [0.4, 0.5) is 11.5 Å². The summed E-state index contributed by atoms with van der Waals surface area (Å²) in [6.07, 6.45) is 1.91. The average Bonchev–Trinajstić information content (AvgIpc) is 2.47. The van der Waals surface area contributed by atoms with E-state index in [0.717, 1.165) is 37.7 Å². The van der Waals surface area contributed by atoms with Crippen molar-refractivity contribution >= 4 is 22.3 Å². The van der Waals surface area contributed by atoms with E-state index in [1.165, 1.54) is 10.8 Å². The van der Waals surface area contributed by atoms with Gasteiger partial charge < -0.3 is 15.1 Å². The van der Waals surface area contributed by atoms with Crippen LogP contribution >= 0.6 is 0 Å². The lowest BCUT2D eigenvalue weighted by molar-refractivity contribution is 0.312. The number of hydrogen-bond donors (Lipinski definition) is 1. The molecule has 0 bridgehead atoms. The summed E-state index contributed by atoms with van der Waals surface area (Å²) in [6, 6.07) is 8.45. The first-order chi connectivity index (χ1) is 9.29. The molecule has 2 aromatic rings. The second kappa shape index (κ2) is 5.05. The van der Waals surface area contributed by atoms with Gasteiger partial charge in [0.05, 0.1) is 0 Å². The number of rotatable bonds is 2. The van der Waals surface area contributed by atoms with E-state index >= 15 is 0 Å². The Kier molecular flexibility index (Phi) is 3.25. The van der Waals surface area contributed by atoms with E-state index < -0.39 is 0 Å². The zero-order valence-electron chi connectivity index (χ0n) is 11.6. The molecule has 0 aliphatic carbocycles. The van der Waals surface area contributed by atoms with Gasteiger partial charge in [0, 0.05) is 55.9 Å². The zero-order chi connectivity index (χ0) is 13.2. The highest BCUT2D eigenvalue weighted by Gasteiger charge is 2.17. The predicted molar refractivity (Wildman–Crippen MR) is 81.0 cm³/mol. The first-order valence-corrected chi connectivity index (χ1v) is 6.78. The van der Waals surface area contributed by atoms with Gasteiger partial charge in [0.1, 0.15) is 5.82 Å². The average molecular weight is 256 g/mol. The van der Waals surface area contributed by atoms with Crippen LogP contribution in [0, 0.1) is 0 Å². The van der Waals surface area contributed by atoms with Crippen LogP contribution in [0.15, 0.2) is 30.5 Å². The van der Waals surface area contributed by atoms with Gasteiger partial charge in [0.25, 0.3) is 0 Å². The number of nitrogens with zero attached hydrogens (tertiary/aromatic N) is 3. The van der Waals surface area contributed by atoms with Crippen molar-refractivity contribution < 1.29 is 0 Å². The second-order valence-corrected chi connectivity index (χ2v) is 5.08. The highest BCUT2D eigenvalue weighted by atomic mass is 15.3. The number of likely N-dealkylation sites (N-methyl/N-ethyl adjacent to an activating group) is 1. The lowest BCUT2D eigenvalue weighted by atomic mass is 10.1. The molecule has 2 heterocycles. The molecule has 1 aromatic heterocycles. The molecule has 0 radical (unpaired) electrons. The summed E-state index contributed by atoms with van der Waals surface area (Å²) in [5.41, 5.74) is 1.16. The van der Waals surface area contributed by atoms with Gasteiger partial charge in [-0.3, -0.25) is 0 Å². The molecule has 3 rings (SSSR count). The fourth-order valence-corrected chi connectivity index (χ4v) is 2.68. The van der Waals surface area contributed by atoms with E-state index in [0.29, 0.717) is 0 Å². The van der Waals surface area contributed by atoms with Crippen molar-refractivity contribution in [3.8, 4) is 0 Å². The fraction of sp³-hybridized carbons (Fsp3) is 0.400. The van der Waals surface area contributed by atoms with E-state index in [1.54, 1.807) is 0 Å². The molecule has 0 spiro atoms. The summed E-state index contributed by atoms with van der Waals surface area (Å²) in [5, 5.41) is 5.73. The molecule has 0 unspecified atom stereocenters. The van der Waals surface area contributed by atoms with Gasteiger partial charge in [0.15, 0.2) is 0 Å². The van der Waals surface area contributed by atoms with Crippen LogP contribution in [0.2, 0.25) is 0 Å². The van der Waals surface area contributed by atoms with Gasteiger partial charge in [0.2, 0.25) is 0 Å². The maximum Gasteiger partial charge on any atom is 0.136 e. The van der Waals surface area contributed by atoms with Crippen LogP contribution in [-0.4, -0.2) is 50.2 Å². The number of nitrogens with one attached hydrogen (secondary N) is 1. The summed E-state index contributed by atoms with van der Waals surface area (Å²) in [7, 11) is 4.14. The number of fused-ring (bicyclic) bond motifs is 1. The molecule has 1 aromatic carbocycles. The molecule has 4 nitrogen and oxygen atoms in total. The Balaban J connectivity index is 2.04. The van der Waals surface area contributed by atoms with Gasteiger partial charge in [-0.1, -0.05) is 12.1 Å². The van der Waals surface area contributed by atoms with Crippen molar-refractivity contribution in [1.82, 2.24) is 9.88 Å². The van der Waals surface area contributed by atoms with Crippen LogP contribution in [-0.2, 0) is 0 Å². The third-order valence-corrected chi connectivity index (χ3v) is 3.86. The SMILES string of the molecule is CNc1cccc2c(N3CCN(C)CC3)nccc12. The third kappa shape index (κ3) is 2.24. The van der Waals surface area contributed by atoms with Crippen LogP contribution in [0.3, 0.4) is 0 Å².